The van der Waals surface area contributed by atoms with Gasteiger partial charge in [-0.05, 0) is 46.6 Å². The van der Waals surface area contributed by atoms with Crippen LogP contribution in [-0.4, -0.2) is 17.6 Å². The Labute approximate surface area is 130 Å². The fraction of sp³-hybridized carbons (Fsp3) is 0.188. The zero-order valence-electron chi connectivity index (χ0n) is 11.4. The molecule has 3 nitrogen and oxygen atoms in total. The highest BCUT2D eigenvalue weighted by Crippen LogP contribution is 2.23. The molecule has 0 aromatic heterocycles. The minimum atomic E-state index is -0.940. The molecule has 2 rings (SSSR count). The van der Waals surface area contributed by atoms with Crippen molar-refractivity contribution in [1.82, 2.24) is 5.32 Å². The zero-order valence-corrected chi connectivity index (χ0v) is 13.0. The van der Waals surface area contributed by atoms with Gasteiger partial charge in [-0.1, -0.05) is 30.3 Å². The van der Waals surface area contributed by atoms with Gasteiger partial charge in [0.05, 0.1) is 17.7 Å². The number of benzene rings is 2. The van der Waals surface area contributed by atoms with Crippen molar-refractivity contribution >= 4 is 21.8 Å². The van der Waals surface area contributed by atoms with Crippen molar-refractivity contribution in [3.05, 3.63) is 69.9 Å². The van der Waals surface area contributed by atoms with Gasteiger partial charge in [0.1, 0.15) is 5.82 Å². The van der Waals surface area contributed by atoms with Crippen LogP contribution >= 0.6 is 15.9 Å². The van der Waals surface area contributed by atoms with Gasteiger partial charge in [0.25, 0.3) is 5.91 Å². The molecule has 21 heavy (non-hydrogen) atoms. The fourth-order valence-corrected chi connectivity index (χ4v) is 2.43. The predicted octanol–water partition coefficient (Wildman–Crippen LogP) is 3.23. The summed E-state index contributed by atoms with van der Waals surface area (Å²) >= 11 is 3.23. The van der Waals surface area contributed by atoms with Gasteiger partial charge in [0.15, 0.2) is 0 Å². The van der Waals surface area contributed by atoms with E-state index in [-0.39, 0.29) is 12.2 Å². The van der Waals surface area contributed by atoms with Crippen LogP contribution in [0.5, 0.6) is 0 Å². The molecule has 0 saturated carbocycles. The van der Waals surface area contributed by atoms with Crippen LogP contribution in [-0.2, 0) is 5.54 Å². The van der Waals surface area contributed by atoms with Crippen molar-refractivity contribution in [3.8, 4) is 0 Å². The van der Waals surface area contributed by atoms with Crippen molar-refractivity contribution in [1.29, 1.82) is 0 Å². The number of carbonyl (C=O) groups excluding carboxylic acids is 1. The van der Waals surface area contributed by atoms with Crippen molar-refractivity contribution in [2.75, 3.05) is 6.61 Å². The summed E-state index contributed by atoms with van der Waals surface area (Å²) in [4.78, 5) is 12.3. The van der Waals surface area contributed by atoms with E-state index in [4.69, 9.17) is 0 Å². The number of rotatable bonds is 4. The van der Waals surface area contributed by atoms with E-state index >= 15 is 0 Å². The first-order valence-corrected chi connectivity index (χ1v) is 7.19. The van der Waals surface area contributed by atoms with E-state index in [1.165, 1.54) is 12.1 Å². The van der Waals surface area contributed by atoms with Crippen LogP contribution in [0.4, 0.5) is 4.39 Å². The quantitative estimate of drug-likeness (QED) is 0.888. The third kappa shape index (κ3) is 3.49. The van der Waals surface area contributed by atoms with Crippen molar-refractivity contribution in [3.63, 3.8) is 0 Å². The van der Waals surface area contributed by atoms with Crippen molar-refractivity contribution in [2.45, 2.75) is 12.5 Å². The van der Waals surface area contributed by atoms with E-state index in [1.807, 2.05) is 30.3 Å². The Morgan fingerprint density at radius 2 is 1.95 bits per heavy atom. The van der Waals surface area contributed by atoms with Gasteiger partial charge >= 0.3 is 0 Å². The van der Waals surface area contributed by atoms with Crippen molar-refractivity contribution < 1.29 is 14.3 Å². The summed E-state index contributed by atoms with van der Waals surface area (Å²) in [5, 5.41) is 12.4. The molecule has 0 aliphatic carbocycles. The summed E-state index contributed by atoms with van der Waals surface area (Å²) in [6.07, 6.45) is 0. The van der Waals surface area contributed by atoms with Crippen LogP contribution in [0.15, 0.2) is 53.0 Å². The monoisotopic (exact) mass is 351 g/mol. The minimum absolute atomic E-state index is 0.186. The van der Waals surface area contributed by atoms with E-state index in [0.29, 0.717) is 4.47 Å². The second-order valence-electron chi connectivity index (χ2n) is 4.93. The van der Waals surface area contributed by atoms with E-state index < -0.39 is 17.3 Å². The molecule has 1 amide bonds. The summed E-state index contributed by atoms with van der Waals surface area (Å²) in [7, 11) is 0. The molecule has 5 heteroatoms. The number of aliphatic hydroxyl groups is 1. The standard InChI is InChI=1S/C16H15BrFNO2/c1-16(10-20,11-5-3-2-4-6-11)19-15(21)13-9-12(18)7-8-14(13)17/h2-9,20H,10H2,1H3,(H,19,21). The molecular formula is C16H15BrFNO2. The number of halogens is 2. The topological polar surface area (TPSA) is 49.3 Å². The van der Waals surface area contributed by atoms with Crippen LogP contribution in [0, 0.1) is 5.82 Å². The van der Waals surface area contributed by atoms with Gasteiger partial charge in [0.2, 0.25) is 0 Å². The largest absolute Gasteiger partial charge is 0.394 e. The Balaban J connectivity index is 2.30. The summed E-state index contributed by atoms with van der Waals surface area (Å²) in [6.45, 7) is 1.45. The second kappa shape index (κ2) is 6.37. The van der Waals surface area contributed by atoms with E-state index in [9.17, 15) is 14.3 Å². The summed E-state index contributed by atoms with van der Waals surface area (Å²) in [5.74, 6) is -0.949. The van der Waals surface area contributed by atoms with Gasteiger partial charge in [-0.25, -0.2) is 4.39 Å². The van der Waals surface area contributed by atoms with Crippen LogP contribution in [0.1, 0.15) is 22.8 Å². The maximum absolute atomic E-state index is 13.3. The van der Waals surface area contributed by atoms with Gasteiger partial charge in [0, 0.05) is 4.47 Å². The number of hydrogen-bond acceptors (Lipinski definition) is 2. The highest BCUT2D eigenvalue weighted by atomic mass is 79.9. The Morgan fingerprint density at radius 3 is 2.57 bits per heavy atom. The second-order valence-corrected chi connectivity index (χ2v) is 5.79. The van der Waals surface area contributed by atoms with Crippen LogP contribution in [0.2, 0.25) is 0 Å². The molecule has 0 spiro atoms. The molecule has 0 heterocycles. The SMILES string of the molecule is CC(CO)(NC(=O)c1cc(F)ccc1Br)c1ccccc1. The lowest BCUT2D eigenvalue weighted by molar-refractivity contribution is 0.0848. The average molecular weight is 352 g/mol. The van der Waals surface area contributed by atoms with Gasteiger partial charge < -0.3 is 10.4 Å². The fourth-order valence-electron chi connectivity index (χ4n) is 2.00. The summed E-state index contributed by atoms with van der Waals surface area (Å²) in [6, 6.07) is 13.0. The molecule has 0 bridgehead atoms. The van der Waals surface area contributed by atoms with E-state index in [1.54, 1.807) is 6.92 Å². The molecule has 0 aliphatic heterocycles. The lowest BCUT2D eigenvalue weighted by Crippen LogP contribution is -2.46. The highest BCUT2D eigenvalue weighted by molar-refractivity contribution is 9.10. The molecule has 0 radical (unpaired) electrons. The number of hydrogen-bond donors (Lipinski definition) is 2. The summed E-state index contributed by atoms with van der Waals surface area (Å²) in [5.41, 5.74) is 0.0170. The normalized spacial score (nSPS) is 13.5. The lowest BCUT2D eigenvalue weighted by Gasteiger charge is -2.29. The van der Waals surface area contributed by atoms with E-state index in [0.717, 1.165) is 11.6 Å². The molecule has 1 atom stereocenters. The molecule has 110 valence electrons. The predicted molar refractivity (Wildman–Crippen MR) is 82.4 cm³/mol. The molecule has 2 N–H and O–H groups in total. The minimum Gasteiger partial charge on any atom is -0.394 e. The first kappa shape index (κ1) is 15.7. The van der Waals surface area contributed by atoms with Gasteiger partial charge in [-0.3, -0.25) is 4.79 Å². The molecule has 2 aromatic carbocycles. The van der Waals surface area contributed by atoms with Crippen LogP contribution in [0.3, 0.4) is 0 Å². The number of carbonyl (C=O) groups is 1. The maximum atomic E-state index is 13.3. The van der Waals surface area contributed by atoms with Gasteiger partial charge in [-0.2, -0.15) is 0 Å². The average Bonchev–Trinajstić information content (AvgIpc) is 2.50. The number of nitrogens with one attached hydrogen (secondary N) is 1. The first-order valence-electron chi connectivity index (χ1n) is 6.40. The summed E-state index contributed by atoms with van der Waals surface area (Å²) < 4.78 is 13.8. The molecule has 1 unspecified atom stereocenters. The highest BCUT2D eigenvalue weighted by Gasteiger charge is 2.28. The Bertz CT molecular complexity index is 648. The zero-order chi connectivity index (χ0) is 15.5. The van der Waals surface area contributed by atoms with Crippen molar-refractivity contribution in [2.24, 2.45) is 0 Å². The van der Waals surface area contributed by atoms with Crippen LogP contribution < -0.4 is 5.32 Å². The first-order chi connectivity index (χ1) is 9.96. The molecule has 2 aromatic rings. The Hall–Kier alpha value is -1.72. The van der Waals surface area contributed by atoms with E-state index in [2.05, 4.69) is 21.2 Å². The van der Waals surface area contributed by atoms with Gasteiger partial charge in [-0.15, -0.1) is 0 Å². The third-order valence-electron chi connectivity index (χ3n) is 3.29. The Morgan fingerprint density at radius 1 is 1.29 bits per heavy atom. The molecule has 0 saturated heterocycles. The number of amides is 1. The maximum Gasteiger partial charge on any atom is 0.253 e. The number of aliphatic hydroxyl groups excluding tert-OH is 1. The lowest BCUT2D eigenvalue weighted by atomic mass is 9.92. The smallest absolute Gasteiger partial charge is 0.253 e. The molecular weight excluding hydrogens is 337 g/mol. The van der Waals surface area contributed by atoms with Crippen LogP contribution in [0.25, 0.3) is 0 Å². The molecule has 0 fully saturated rings. The third-order valence-corrected chi connectivity index (χ3v) is 3.98. The molecule has 0 aliphatic rings. The Kier molecular flexibility index (Phi) is 4.75.